The summed E-state index contributed by atoms with van der Waals surface area (Å²) in [6, 6.07) is -2.49. The monoisotopic (exact) mass is 814 g/mol. The van der Waals surface area contributed by atoms with Gasteiger partial charge >= 0.3 is 23.9 Å². The SMILES string of the molecule is CC(CC(=O)CC[C@H](NC(=O)COCCOCCCC(=O)CC[C@H](NC(=O)CCCCCCCCCCCCCCCCC(=O)C(=O)O)C(=O)O)C(=O)O)C(=O)O. The van der Waals surface area contributed by atoms with Gasteiger partial charge in [-0.25, -0.2) is 14.4 Å². The maximum atomic E-state index is 12.3. The van der Waals surface area contributed by atoms with E-state index >= 15 is 0 Å². The Morgan fingerprint density at radius 1 is 0.456 bits per heavy atom. The summed E-state index contributed by atoms with van der Waals surface area (Å²) in [6.45, 7) is 1.25. The van der Waals surface area contributed by atoms with E-state index in [-0.39, 0.29) is 82.9 Å². The lowest BCUT2D eigenvalue weighted by molar-refractivity contribution is -0.149. The first kappa shape index (κ1) is 52.8. The quantitative estimate of drug-likeness (QED) is 0.0363. The molecule has 0 spiro atoms. The highest BCUT2D eigenvalue weighted by atomic mass is 16.5. The van der Waals surface area contributed by atoms with Crippen LogP contribution in [0.1, 0.15) is 155 Å². The summed E-state index contributed by atoms with van der Waals surface area (Å²) in [7, 11) is 0. The molecule has 0 saturated carbocycles. The minimum absolute atomic E-state index is 0.0121. The molecule has 3 atom stereocenters. The fraction of sp³-hybridized carbons (Fsp3) is 0.775. The van der Waals surface area contributed by atoms with Crippen molar-refractivity contribution >= 4 is 53.0 Å². The molecular formula is C40H66N2O15. The number of hydrogen-bond donors (Lipinski definition) is 6. The Hall–Kier alpha value is -4.25. The summed E-state index contributed by atoms with van der Waals surface area (Å²) >= 11 is 0. The maximum absolute atomic E-state index is 12.3. The molecule has 1 unspecified atom stereocenters. The molecule has 17 nitrogen and oxygen atoms in total. The van der Waals surface area contributed by atoms with Crippen LogP contribution in [0.2, 0.25) is 0 Å². The fourth-order valence-corrected chi connectivity index (χ4v) is 5.84. The molecule has 0 aromatic carbocycles. The Morgan fingerprint density at radius 3 is 1.37 bits per heavy atom. The van der Waals surface area contributed by atoms with Crippen molar-refractivity contribution in [2.24, 2.45) is 5.92 Å². The van der Waals surface area contributed by atoms with Gasteiger partial charge in [0.15, 0.2) is 0 Å². The van der Waals surface area contributed by atoms with E-state index in [0.29, 0.717) is 19.3 Å². The Labute approximate surface area is 335 Å². The van der Waals surface area contributed by atoms with Gasteiger partial charge in [0.1, 0.15) is 30.3 Å². The molecule has 0 radical (unpaired) electrons. The molecular weight excluding hydrogens is 748 g/mol. The number of hydrogen-bond acceptors (Lipinski definition) is 11. The zero-order chi connectivity index (χ0) is 42.8. The van der Waals surface area contributed by atoms with E-state index in [0.717, 1.165) is 57.8 Å². The van der Waals surface area contributed by atoms with Crippen LogP contribution in [0.15, 0.2) is 0 Å². The highest BCUT2D eigenvalue weighted by Gasteiger charge is 2.23. The number of nitrogens with one attached hydrogen (secondary N) is 2. The van der Waals surface area contributed by atoms with Crippen molar-refractivity contribution < 1.29 is 73.1 Å². The molecule has 0 aliphatic heterocycles. The molecule has 0 rings (SSSR count). The van der Waals surface area contributed by atoms with Gasteiger partial charge in [0.05, 0.1) is 19.1 Å². The molecule has 57 heavy (non-hydrogen) atoms. The highest BCUT2D eigenvalue weighted by molar-refractivity contribution is 6.32. The third kappa shape index (κ3) is 31.5. The number of carboxylic acid groups (broad SMARTS) is 4. The fourth-order valence-electron chi connectivity index (χ4n) is 5.84. The van der Waals surface area contributed by atoms with Crippen LogP contribution in [-0.2, 0) is 52.6 Å². The third-order valence-electron chi connectivity index (χ3n) is 9.29. The van der Waals surface area contributed by atoms with Crippen molar-refractivity contribution in [2.45, 2.75) is 167 Å². The lowest BCUT2D eigenvalue weighted by Crippen LogP contribution is -2.42. The van der Waals surface area contributed by atoms with E-state index in [2.05, 4.69) is 10.6 Å². The second-order valence-corrected chi connectivity index (χ2v) is 14.5. The number of rotatable bonds is 40. The van der Waals surface area contributed by atoms with Crippen LogP contribution < -0.4 is 10.6 Å². The largest absolute Gasteiger partial charge is 0.481 e. The third-order valence-corrected chi connectivity index (χ3v) is 9.29. The summed E-state index contributed by atoms with van der Waals surface area (Å²) in [4.78, 5) is 104. The Bertz CT molecular complexity index is 1260. The van der Waals surface area contributed by atoms with E-state index in [1.165, 1.54) is 26.2 Å². The second kappa shape index (κ2) is 33.8. The molecule has 0 fully saturated rings. The number of amides is 2. The molecule has 6 N–H and O–H groups in total. The molecule has 0 aliphatic carbocycles. The summed E-state index contributed by atoms with van der Waals surface area (Å²) in [5.74, 6) is -8.28. The van der Waals surface area contributed by atoms with Gasteiger partial charge in [-0.2, -0.15) is 0 Å². The van der Waals surface area contributed by atoms with Crippen molar-refractivity contribution in [1.82, 2.24) is 10.6 Å². The minimum atomic E-state index is -1.35. The number of carbonyl (C=O) groups excluding carboxylic acids is 5. The minimum Gasteiger partial charge on any atom is -0.481 e. The van der Waals surface area contributed by atoms with Crippen molar-refractivity contribution in [1.29, 1.82) is 0 Å². The predicted molar refractivity (Wildman–Crippen MR) is 206 cm³/mol. The molecule has 0 bridgehead atoms. The summed E-state index contributed by atoms with van der Waals surface area (Å²) in [6.07, 6.45) is 14.4. The number of carbonyl (C=O) groups is 9. The van der Waals surface area contributed by atoms with Crippen LogP contribution >= 0.6 is 0 Å². The highest BCUT2D eigenvalue weighted by Crippen LogP contribution is 2.14. The van der Waals surface area contributed by atoms with Gasteiger partial charge in [0.2, 0.25) is 17.6 Å². The Morgan fingerprint density at radius 2 is 0.895 bits per heavy atom. The van der Waals surface area contributed by atoms with Gasteiger partial charge in [-0.05, 0) is 32.1 Å². The van der Waals surface area contributed by atoms with Crippen molar-refractivity contribution in [2.75, 3.05) is 26.4 Å². The van der Waals surface area contributed by atoms with Gasteiger partial charge < -0.3 is 40.5 Å². The lowest BCUT2D eigenvalue weighted by Gasteiger charge is -2.15. The number of aliphatic carboxylic acids is 4. The van der Waals surface area contributed by atoms with E-state index in [4.69, 9.17) is 19.7 Å². The van der Waals surface area contributed by atoms with Crippen LogP contribution in [0, 0.1) is 5.92 Å². The summed E-state index contributed by atoms with van der Waals surface area (Å²) in [5, 5.41) is 41.0. The predicted octanol–water partition coefficient (Wildman–Crippen LogP) is 4.64. The van der Waals surface area contributed by atoms with Crippen molar-refractivity contribution in [3.05, 3.63) is 0 Å². The smallest absolute Gasteiger partial charge is 0.372 e. The van der Waals surface area contributed by atoms with E-state index in [1.807, 2.05) is 0 Å². The number of ether oxygens (including phenoxy) is 2. The van der Waals surface area contributed by atoms with Crippen LogP contribution in [0.3, 0.4) is 0 Å². The number of ketones is 3. The van der Waals surface area contributed by atoms with Gasteiger partial charge in [0.25, 0.3) is 0 Å². The zero-order valence-electron chi connectivity index (χ0n) is 33.6. The summed E-state index contributed by atoms with van der Waals surface area (Å²) < 4.78 is 10.6. The molecule has 0 aliphatic rings. The Kier molecular flexibility index (Phi) is 31.3. The van der Waals surface area contributed by atoms with Crippen molar-refractivity contribution in [3.63, 3.8) is 0 Å². The maximum Gasteiger partial charge on any atom is 0.372 e. The van der Waals surface area contributed by atoms with Gasteiger partial charge in [-0.3, -0.25) is 28.8 Å². The number of Topliss-reactive ketones (excluding diaryl/α,β-unsaturated/α-hetero) is 3. The average Bonchev–Trinajstić information content (AvgIpc) is 3.15. The molecule has 0 saturated heterocycles. The zero-order valence-corrected chi connectivity index (χ0v) is 33.6. The molecule has 0 heterocycles. The normalized spacial score (nSPS) is 12.6. The van der Waals surface area contributed by atoms with Crippen LogP contribution in [0.25, 0.3) is 0 Å². The number of unbranched alkanes of at least 4 members (excludes halogenated alkanes) is 13. The van der Waals surface area contributed by atoms with Crippen LogP contribution in [0.4, 0.5) is 0 Å². The standard InChI is InChI=1S/C40H66N2O15/c1-29(37(48)49)27-31(44)21-23-33(39(52)53)42-36(47)28-57-26-25-56-24-16-17-30(43)20-22-32(38(50)51)41-35(46)19-15-13-11-9-7-5-3-2-4-6-8-10-12-14-18-34(45)40(54)55/h29,32-33H,2-28H2,1H3,(H,41,46)(H,42,47)(H,48,49)(H,50,51)(H,52,53)(H,54,55)/t29?,32-,33-/m0/s1. The molecule has 17 heteroatoms. The first-order chi connectivity index (χ1) is 27.1. The molecule has 326 valence electrons. The van der Waals surface area contributed by atoms with Crippen LogP contribution in [-0.4, -0.2) is 112 Å². The van der Waals surface area contributed by atoms with Crippen molar-refractivity contribution in [3.8, 4) is 0 Å². The topological polar surface area (TPSA) is 277 Å². The molecule has 0 aromatic heterocycles. The Balaban J connectivity index is 3.89. The van der Waals surface area contributed by atoms with Gasteiger partial charge in [-0.15, -0.1) is 0 Å². The second-order valence-electron chi connectivity index (χ2n) is 14.5. The summed E-state index contributed by atoms with van der Waals surface area (Å²) in [5.41, 5.74) is 0. The van der Waals surface area contributed by atoms with Crippen LogP contribution in [0.5, 0.6) is 0 Å². The van der Waals surface area contributed by atoms with E-state index in [1.54, 1.807) is 0 Å². The first-order valence-electron chi connectivity index (χ1n) is 20.4. The molecule has 0 aromatic rings. The average molecular weight is 815 g/mol. The van der Waals surface area contributed by atoms with Gasteiger partial charge in [0, 0.05) is 45.1 Å². The van der Waals surface area contributed by atoms with E-state index in [9.17, 15) is 53.4 Å². The number of carboxylic acids is 4. The van der Waals surface area contributed by atoms with E-state index < -0.39 is 66.0 Å². The van der Waals surface area contributed by atoms with Gasteiger partial charge in [-0.1, -0.05) is 84.0 Å². The first-order valence-corrected chi connectivity index (χ1v) is 20.4. The lowest BCUT2D eigenvalue weighted by atomic mass is 10.00. The molecule has 2 amide bonds.